The summed E-state index contributed by atoms with van der Waals surface area (Å²) in [5, 5.41) is 6.84. The summed E-state index contributed by atoms with van der Waals surface area (Å²) in [6.45, 7) is 0. The Kier molecular flexibility index (Phi) is 1.83. The van der Waals surface area contributed by atoms with Crippen LogP contribution in [-0.2, 0) is 0 Å². The van der Waals surface area contributed by atoms with Crippen LogP contribution in [0, 0.1) is 0 Å². The summed E-state index contributed by atoms with van der Waals surface area (Å²) in [4.78, 5) is 7.53. The average molecular weight is 223 g/mol. The maximum absolute atomic E-state index is 5.70. The Balaban J connectivity index is 2.92. The third-order valence-corrected chi connectivity index (χ3v) is 1.98. The van der Waals surface area contributed by atoms with Gasteiger partial charge in [-0.2, -0.15) is 5.10 Å². The van der Waals surface area contributed by atoms with Gasteiger partial charge in [0.15, 0.2) is 10.3 Å². The van der Waals surface area contributed by atoms with Gasteiger partial charge in [0.1, 0.15) is 11.0 Å². The molecular formula is C5HCl3N4. The van der Waals surface area contributed by atoms with Crippen molar-refractivity contribution >= 4 is 45.8 Å². The van der Waals surface area contributed by atoms with Crippen molar-refractivity contribution in [3.63, 3.8) is 0 Å². The molecule has 7 heteroatoms. The van der Waals surface area contributed by atoms with E-state index in [1.807, 2.05) is 0 Å². The minimum Gasteiger partial charge on any atom is -0.265 e. The molecule has 4 nitrogen and oxygen atoms in total. The van der Waals surface area contributed by atoms with Crippen LogP contribution >= 0.6 is 34.8 Å². The van der Waals surface area contributed by atoms with Gasteiger partial charge < -0.3 is 0 Å². The molecule has 0 aliphatic carbocycles. The Bertz CT molecular complexity index is 437. The molecule has 0 atom stereocenters. The van der Waals surface area contributed by atoms with Crippen molar-refractivity contribution in [1.82, 2.24) is 20.2 Å². The summed E-state index contributed by atoms with van der Waals surface area (Å²) in [6.07, 6.45) is 0. The van der Waals surface area contributed by atoms with Gasteiger partial charge in [0.05, 0.1) is 0 Å². The van der Waals surface area contributed by atoms with Crippen LogP contribution in [0.1, 0.15) is 0 Å². The average Bonchev–Trinajstić information content (AvgIpc) is 2.33. The molecule has 1 N–H and O–H groups in total. The highest BCUT2D eigenvalue weighted by atomic mass is 35.5. The predicted octanol–water partition coefficient (Wildman–Crippen LogP) is 2.31. The van der Waals surface area contributed by atoms with E-state index in [1.54, 1.807) is 0 Å². The molecule has 0 saturated carbocycles. The van der Waals surface area contributed by atoms with E-state index < -0.39 is 0 Å². The molecule has 2 aromatic heterocycles. The van der Waals surface area contributed by atoms with Crippen LogP contribution in [-0.4, -0.2) is 20.2 Å². The number of nitrogens with one attached hydrogen (secondary N) is 1. The zero-order valence-electron chi connectivity index (χ0n) is 5.48. The summed E-state index contributed by atoms with van der Waals surface area (Å²) in [5.74, 6) is 0. The molecule has 0 saturated heterocycles. The Morgan fingerprint density at radius 1 is 1.00 bits per heavy atom. The first-order valence-electron chi connectivity index (χ1n) is 2.91. The molecule has 0 fully saturated rings. The number of fused-ring (bicyclic) bond motifs is 1. The maximum Gasteiger partial charge on any atom is 0.224 e. The van der Waals surface area contributed by atoms with Crippen molar-refractivity contribution in [2.75, 3.05) is 0 Å². The molecule has 0 aromatic carbocycles. The molecule has 2 rings (SSSR count). The molecule has 0 spiro atoms. The second-order valence-electron chi connectivity index (χ2n) is 2.02. The summed E-state index contributed by atoms with van der Waals surface area (Å²) in [5.41, 5.74) is 0.854. The maximum atomic E-state index is 5.70. The van der Waals surface area contributed by atoms with Crippen LogP contribution in [0.25, 0.3) is 11.0 Å². The topological polar surface area (TPSA) is 54.5 Å². The normalized spacial score (nSPS) is 10.9. The number of halogens is 3. The fraction of sp³-hybridized carbons (Fsp3) is 0. The number of aromatic amines is 1. The van der Waals surface area contributed by atoms with Crippen LogP contribution in [0.15, 0.2) is 0 Å². The number of rotatable bonds is 0. The predicted molar refractivity (Wildman–Crippen MR) is 46.7 cm³/mol. The third kappa shape index (κ3) is 1.12. The van der Waals surface area contributed by atoms with Crippen molar-refractivity contribution in [2.24, 2.45) is 0 Å². The van der Waals surface area contributed by atoms with Crippen LogP contribution in [0.4, 0.5) is 0 Å². The molecule has 0 aliphatic rings. The molecule has 2 heterocycles. The van der Waals surface area contributed by atoms with E-state index >= 15 is 0 Å². The molecule has 12 heavy (non-hydrogen) atoms. The first-order chi connectivity index (χ1) is 5.68. The summed E-state index contributed by atoms with van der Waals surface area (Å²) >= 11 is 16.9. The number of aromatic nitrogens is 4. The van der Waals surface area contributed by atoms with Crippen LogP contribution < -0.4 is 0 Å². The molecule has 0 aliphatic heterocycles. The van der Waals surface area contributed by atoms with Gasteiger partial charge in [-0.3, -0.25) is 5.10 Å². The van der Waals surface area contributed by atoms with Crippen LogP contribution in [0.2, 0.25) is 15.6 Å². The van der Waals surface area contributed by atoms with E-state index in [0.29, 0.717) is 16.2 Å². The Morgan fingerprint density at radius 2 is 1.75 bits per heavy atom. The lowest BCUT2D eigenvalue weighted by atomic mass is 10.5. The van der Waals surface area contributed by atoms with Crippen molar-refractivity contribution in [3.8, 4) is 0 Å². The SMILES string of the molecule is Clc1nc(Cl)c2n[nH]c(Cl)c2n1. The van der Waals surface area contributed by atoms with Crippen molar-refractivity contribution in [2.45, 2.75) is 0 Å². The van der Waals surface area contributed by atoms with E-state index in [4.69, 9.17) is 34.8 Å². The van der Waals surface area contributed by atoms with Gasteiger partial charge in [0, 0.05) is 0 Å². The second kappa shape index (κ2) is 2.73. The third-order valence-electron chi connectivity index (χ3n) is 1.29. The molecule has 0 amide bonds. The molecule has 0 unspecified atom stereocenters. The fourth-order valence-corrected chi connectivity index (χ4v) is 1.41. The highest BCUT2D eigenvalue weighted by Crippen LogP contribution is 2.24. The highest BCUT2D eigenvalue weighted by molar-refractivity contribution is 6.38. The van der Waals surface area contributed by atoms with Gasteiger partial charge in [-0.25, -0.2) is 9.97 Å². The van der Waals surface area contributed by atoms with Gasteiger partial charge in [0.25, 0.3) is 0 Å². The smallest absolute Gasteiger partial charge is 0.224 e. The van der Waals surface area contributed by atoms with Crippen LogP contribution in [0.3, 0.4) is 0 Å². The van der Waals surface area contributed by atoms with E-state index in [-0.39, 0.29) is 10.4 Å². The number of hydrogen-bond donors (Lipinski definition) is 1. The Morgan fingerprint density at radius 3 is 2.50 bits per heavy atom. The zero-order valence-corrected chi connectivity index (χ0v) is 7.74. The fourth-order valence-electron chi connectivity index (χ4n) is 0.812. The summed E-state index contributed by atoms with van der Waals surface area (Å²) in [6, 6.07) is 0. The van der Waals surface area contributed by atoms with E-state index in [0.717, 1.165) is 0 Å². The number of nitrogens with zero attached hydrogens (tertiary/aromatic N) is 3. The minimum atomic E-state index is 0.0517. The Hall–Kier alpha value is -0.580. The molecular weight excluding hydrogens is 222 g/mol. The van der Waals surface area contributed by atoms with Crippen molar-refractivity contribution in [3.05, 3.63) is 15.6 Å². The highest BCUT2D eigenvalue weighted by Gasteiger charge is 2.10. The van der Waals surface area contributed by atoms with E-state index in [1.165, 1.54) is 0 Å². The number of H-pyrrole nitrogens is 1. The first kappa shape index (κ1) is 8.04. The van der Waals surface area contributed by atoms with Gasteiger partial charge >= 0.3 is 0 Å². The molecule has 62 valence electrons. The lowest BCUT2D eigenvalue weighted by Gasteiger charge is -1.91. The van der Waals surface area contributed by atoms with Gasteiger partial charge in [-0.15, -0.1) is 0 Å². The lowest BCUT2D eigenvalue weighted by molar-refractivity contribution is 1.11. The molecule has 2 aromatic rings. The molecule has 0 bridgehead atoms. The quantitative estimate of drug-likeness (QED) is 0.551. The zero-order chi connectivity index (χ0) is 8.72. The van der Waals surface area contributed by atoms with E-state index in [2.05, 4.69) is 20.2 Å². The Labute approximate surface area is 81.9 Å². The van der Waals surface area contributed by atoms with Crippen LogP contribution in [0.5, 0.6) is 0 Å². The summed E-state index contributed by atoms with van der Waals surface area (Å²) < 4.78 is 0. The first-order valence-corrected chi connectivity index (χ1v) is 4.04. The van der Waals surface area contributed by atoms with Gasteiger partial charge in [0.2, 0.25) is 5.28 Å². The lowest BCUT2D eigenvalue weighted by Crippen LogP contribution is -1.84. The van der Waals surface area contributed by atoms with E-state index in [9.17, 15) is 0 Å². The largest absolute Gasteiger partial charge is 0.265 e. The summed E-state index contributed by atoms with van der Waals surface area (Å²) in [7, 11) is 0. The van der Waals surface area contributed by atoms with Crippen molar-refractivity contribution in [1.29, 1.82) is 0 Å². The monoisotopic (exact) mass is 222 g/mol. The number of hydrogen-bond acceptors (Lipinski definition) is 3. The van der Waals surface area contributed by atoms with Crippen molar-refractivity contribution < 1.29 is 0 Å². The molecule has 0 radical (unpaired) electrons. The minimum absolute atomic E-state index is 0.0517. The standard InChI is InChI=1S/C5HCl3N4/c6-3-2-1(4(7)12-11-2)9-5(8)10-3/h(H,11,12). The van der Waals surface area contributed by atoms with Gasteiger partial charge in [-0.05, 0) is 11.6 Å². The van der Waals surface area contributed by atoms with Gasteiger partial charge in [-0.1, -0.05) is 23.2 Å². The second-order valence-corrected chi connectivity index (χ2v) is 3.09.